The zero-order chi connectivity index (χ0) is 19.6. The van der Waals surface area contributed by atoms with Gasteiger partial charge in [0.2, 0.25) is 0 Å². The molecular weight excluding hydrogens is 352 g/mol. The normalized spacial score (nSPS) is 12.2. The molecule has 1 aromatic rings. The third kappa shape index (κ3) is 13.1. The van der Waals surface area contributed by atoms with E-state index in [1.807, 2.05) is 30.3 Å². The number of hydrogen-bond donors (Lipinski definition) is 0. The van der Waals surface area contributed by atoms with Crippen molar-refractivity contribution in [2.45, 2.75) is 115 Å². The topological polar surface area (TPSA) is 17.1 Å². The average molecular weight is 393 g/mol. The molecule has 0 N–H and O–H groups in total. The van der Waals surface area contributed by atoms with Crippen molar-refractivity contribution in [3.05, 3.63) is 35.9 Å². The van der Waals surface area contributed by atoms with Crippen LogP contribution in [0.25, 0.3) is 0 Å². The molecule has 1 atom stereocenters. The molecule has 1 aromatic carbocycles. The molecule has 0 fully saturated rings. The molecule has 0 saturated carbocycles. The van der Waals surface area contributed by atoms with Crippen LogP contribution in [-0.4, -0.2) is 5.78 Å². The van der Waals surface area contributed by atoms with Crippen LogP contribution in [0.4, 0.5) is 0 Å². The second-order valence-corrected chi connectivity index (χ2v) is 8.38. The summed E-state index contributed by atoms with van der Waals surface area (Å²) in [5, 5.41) is -0.474. The lowest BCUT2D eigenvalue weighted by molar-refractivity contribution is -0.118. The van der Waals surface area contributed by atoms with Gasteiger partial charge in [0.05, 0.1) is 0 Å². The van der Waals surface area contributed by atoms with Crippen molar-refractivity contribution in [1.82, 2.24) is 0 Å². The highest BCUT2D eigenvalue weighted by molar-refractivity contribution is 6.31. The minimum Gasteiger partial charge on any atom is -0.298 e. The quantitative estimate of drug-likeness (QED) is 0.180. The Bertz CT molecular complexity index is 457. The molecule has 0 aliphatic carbocycles. The van der Waals surface area contributed by atoms with E-state index in [1.165, 1.54) is 83.5 Å². The Morgan fingerprint density at radius 2 is 1.11 bits per heavy atom. The van der Waals surface area contributed by atoms with Crippen LogP contribution >= 0.6 is 11.6 Å². The lowest BCUT2D eigenvalue weighted by atomic mass is 10.0. The lowest BCUT2D eigenvalue weighted by Gasteiger charge is -2.08. The van der Waals surface area contributed by atoms with Gasteiger partial charge in [-0.15, -0.1) is 11.6 Å². The molecule has 0 spiro atoms. The van der Waals surface area contributed by atoms with Gasteiger partial charge in [-0.2, -0.15) is 0 Å². The van der Waals surface area contributed by atoms with Crippen molar-refractivity contribution < 1.29 is 4.79 Å². The second kappa shape index (κ2) is 17.3. The standard InChI is InChI=1S/C25H41ClO/c1-2-3-4-5-6-7-8-9-10-11-12-13-14-15-19-22-24(27)25(26)23-20-17-16-18-21-23/h16-18,20-21,25H,2-15,19,22H2,1H3. The van der Waals surface area contributed by atoms with Gasteiger partial charge in [0.1, 0.15) is 5.38 Å². The number of halogens is 1. The number of unbranched alkanes of at least 4 members (excludes halogenated alkanes) is 14. The Morgan fingerprint density at radius 1 is 0.704 bits per heavy atom. The van der Waals surface area contributed by atoms with E-state index < -0.39 is 5.38 Å². The molecule has 1 rings (SSSR count). The highest BCUT2D eigenvalue weighted by atomic mass is 35.5. The fourth-order valence-corrected chi connectivity index (χ4v) is 3.86. The van der Waals surface area contributed by atoms with E-state index in [1.54, 1.807) is 0 Å². The minimum atomic E-state index is -0.474. The fourth-order valence-electron chi connectivity index (χ4n) is 3.61. The first-order valence-electron chi connectivity index (χ1n) is 11.5. The fraction of sp³-hybridized carbons (Fsp3) is 0.720. The molecule has 0 aliphatic heterocycles. The van der Waals surface area contributed by atoms with Crippen LogP contribution in [-0.2, 0) is 4.79 Å². The van der Waals surface area contributed by atoms with Crippen molar-refractivity contribution in [2.24, 2.45) is 0 Å². The van der Waals surface area contributed by atoms with Crippen LogP contribution in [0.3, 0.4) is 0 Å². The number of ketones is 1. The summed E-state index contributed by atoms with van der Waals surface area (Å²) in [6, 6.07) is 9.69. The van der Waals surface area contributed by atoms with Crippen molar-refractivity contribution in [3.63, 3.8) is 0 Å². The maximum absolute atomic E-state index is 12.1. The monoisotopic (exact) mass is 392 g/mol. The van der Waals surface area contributed by atoms with Crippen LogP contribution < -0.4 is 0 Å². The summed E-state index contributed by atoms with van der Waals surface area (Å²) in [6.07, 6.45) is 20.8. The molecule has 154 valence electrons. The van der Waals surface area contributed by atoms with E-state index in [2.05, 4.69) is 6.92 Å². The second-order valence-electron chi connectivity index (χ2n) is 7.94. The number of alkyl halides is 1. The summed E-state index contributed by atoms with van der Waals surface area (Å²) >= 11 is 6.27. The summed E-state index contributed by atoms with van der Waals surface area (Å²) in [6.45, 7) is 2.28. The Balaban J connectivity index is 1.84. The molecule has 0 saturated heterocycles. The minimum absolute atomic E-state index is 0.164. The summed E-state index contributed by atoms with van der Waals surface area (Å²) in [5.41, 5.74) is 0.921. The van der Waals surface area contributed by atoms with Gasteiger partial charge in [-0.1, -0.05) is 127 Å². The zero-order valence-electron chi connectivity index (χ0n) is 17.6. The highest BCUT2D eigenvalue weighted by Crippen LogP contribution is 2.23. The molecule has 0 heterocycles. The van der Waals surface area contributed by atoms with Crippen molar-refractivity contribution >= 4 is 17.4 Å². The van der Waals surface area contributed by atoms with Gasteiger partial charge in [0.25, 0.3) is 0 Å². The number of benzene rings is 1. The molecule has 2 heteroatoms. The van der Waals surface area contributed by atoms with Gasteiger partial charge < -0.3 is 0 Å². The number of carbonyl (C=O) groups is 1. The van der Waals surface area contributed by atoms with E-state index in [-0.39, 0.29) is 5.78 Å². The van der Waals surface area contributed by atoms with E-state index in [4.69, 9.17) is 11.6 Å². The SMILES string of the molecule is CCCCCCCCCCCCCCCCCC(=O)C(Cl)c1ccccc1. The maximum Gasteiger partial charge on any atom is 0.155 e. The Morgan fingerprint density at radius 3 is 1.56 bits per heavy atom. The first-order chi connectivity index (χ1) is 13.3. The largest absolute Gasteiger partial charge is 0.298 e. The third-order valence-corrected chi connectivity index (χ3v) is 5.90. The number of hydrogen-bond acceptors (Lipinski definition) is 1. The predicted molar refractivity (Wildman–Crippen MR) is 120 cm³/mol. The number of Topliss-reactive ketones (excluding diaryl/α,β-unsaturated/α-hetero) is 1. The molecule has 1 nitrogen and oxygen atoms in total. The molecule has 0 aliphatic rings. The molecule has 0 aromatic heterocycles. The Labute approximate surface area is 173 Å². The summed E-state index contributed by atoms with van der Waals surface area (Å²) in [4.78, 5) is 12.1. The smallest absolute Gasteiger partial charge is 0.155 e. The van der Waals surface area contributed by atoms with Gasteiger partial charge in [-0.05, 0) is 12.0 Å². The van der Waals surface area contributed by atoms with Crippen molar-refractivity contribution in [2.75, 3.05) is 0 Å². The molecular formula is C25H41ClO. The Hall–Kier alpha value is -0.820. The summed E-state index contributed by atoms with van der Waals surface area (Å²) < 4.78 is 0. The van der Waals surface area contributed by atoms with E-state index in [9.17, 15) is 4.79 Å². The van der Waals surface area contributed by atoms with Crippen LogP contribution in [0, 0.1) is 0 Å². The molecule has 0 amide bonds. The number of rotatable bonds is 18. The van der Waals surface area contributed by atoms with E-state index in [0.29, 0.717) is 6.42 Å². The van der Waals surface area contributed by atoms with Crippen LogP contribution in [0.15, 0.2) is 30.3 Å². The summed E-state index contributed by atoms with van der Waals surface area (Å²) in [5.74, 6) is 0.164. The average Bonchev–Trinajstić information content (AvgIpc) is 2.70. The summed E-state index contributed by atoms with van der Waals surface area (Å²) in [7, 11) is 0. The van der Waals surface area contributed by atoms with Crippen LogP contribution in [0.2, 0.25) is 0 Å². The predicted octanol–water partition coefficient (Wildman–Crippen LogP) is 8.80. The third-order valence-electron chi connectivity index (χ3n) is 5.40. The lowest BCUT2D eigenvalue weighted by Crippen LogP contribution is -2.06. The first-order valence-corrected chi connectivity index (χ1v) is 11.9. The van der Waals surface area contributed by atoms with Gasteiger partial charge in [-0.25, -0.2) is 0 Å². The van der Waals surface area contributed by atoms with E-state index >= 15 is 0 Å². The number of carbonyl (C=O) groups excluding carboxylic acids is 1. The molecule has 1 unspecified atom stereocenters. The van der Waals surface area contributed by atoms with Gasteiger partial charge >= 0.3 is 0 Å². The molecule has 27 heavy (non-hydrogen) atoms. The van der Waals surface area contributed by atoms with Crippen LogP contribution in [0.5, 0.6) is 0 Å². The van der Waals surface area contributed by atoms with Crippen LogP contribution in [0.1, 0.15) is 121 Å². The highest BCUT2D eigenvalue weighted by Gasteiger charge is 2.16. The zero-order valence-corrected chi connectivity index (χ0v) is 18.3. The Kier molecular flexibility index (Phi) is 15.5. The molecule has 0 radical (unpaired) electrons. The first kappa shape index (κ1) is 24.2. The molecule has 0 bridgehead atoms. The van der Waals surface area contributed by atoms with Gasteiger partial charge in [0.15, 0.2) is 5.78 Å². The van der Waals surface area contributed by atoms with Crippen molar-refractivity contribution in [1.29, 1.82) is 0 Å². The van der Waals surface area contributed by atoms with E-state index in [0.717, 1.165) is 18.4 Å². The maximum atomic E-state index is 12.1. The van der Waals surface area contributed by atoms with Gasteiger partial charge in [-0.3, -0.25) is 4.79 Å². The van der Waals surface area contributed by atoms with Crippen molar-refractivity contribution in [3.8, 4) is 0 Å². The van der Waals surface area contributed by atoms with Gasteiger partial charge in [0, 0.05) is 6.42 Å².